The average molecular weight is 181 g/mol. The van der Waals surface area contributed by atoms with Crippen LogP contribution >= 0.6 is 0 Å². The topological polar surface area (TPSA) is 40.9 Å². The van der Waals surface area contributed by atoms with Gasteiger partial charge in [0.15, 0.2) is 0 Å². The van der Waals surface area contributed by atoms with E-state index in [2.05, 4.69) is 0 Å². The standard InChI is InChI=1S/C12H7NO/c13-11-8-5-1-3-7-4-2-6-9(10(7)8)12(11)14/h1-6,13H. The molecular weight excluding hydrogens is 174 g/mol. The average Bonchev–Trinajstić information content (AvgIpc) is 2.47. The minimum Gasteiger partial charge on any atom is -0.296 e. The molecule has 0 spiro atoms. The highest BCUT2D eigenvalue weighted by Gasteiger charge is 2.26. The summed E-state index contributed by atoms with van der Waals surface area (Å²) in [5.74, 6) is -0.156. The first-order chi connectivity index (χ1) is 6.79. The quantitative estimate of drug-likeness (QED) is 0.666. The van der Waals surface area contributed by atoms with Crippen LogP contribution in [0, 0.1) is 5.41 Å². The predicted octanol–water partition coefficient (Wildman–Crippen LogP) is 2.40. The zero-order valence-corrected chi connectivity index (χ0v) is 7.37. The van der Waals surface area contributed by atoms with E-state index in [1.165, 1.54) is 0 Å². The van der Waals surface area contributed by atoms with Crippen molar-refractivity contribution in [1.29, 1.82) is 5.41 Å². The van der Waals surface area contributed by atoms with Crippen LogP contribution in [0.25, 0.3) is 10.8 Å². The zero-order valence-electron chi connectivity index (χ0n) is 7.37. The third-order valence-electron chi connectivity index (χ3n) is 2.65. The molecule has 0 radical (unpaired) electrons. The molecule has 0 saturated carbocycles. The van der Waals surface area contributed by atoms with Crippen molar-refractivity contribution in [2.75, 3.05) is 0 Å². The highest BCUT2D eigenvalue weighted by Crippen LogP contribution is 2.30. The van der Waals surface area contributed by atoms with Gasteiger partial charge in [-0.15, -0.1) is 0 Å². The van der Waals surface area contributed by atoms with Crippen molar-refractivity contribution < 1.29 is 4.79 Å². The molecule has 2 nitrogen and oxygen atoms in total. The summed E-state index contributed by atoms with van der Waals surface area (Å²) in [6.45, 7) is 0. The lowest BCUT2D eigenvalue weighted by molar-refractivity contribution is 0.106. The Morgan fingerprint density at radius 2 is 1.57 bits per heavy atom. The van der Waals surface area contributed by atoms with Crippen LogP contribution in [0.15, 0.2) is 36.4 Å². The molecule has 0 unspecified atom stereocenters. The Balaban J connectivity index is 2.62. The summed E-state index contributed by atoms with van der Waals surface area (Å²) < 4.78 is 0. The highest BCUT2D eigenvalue weighted by atomic mass is 16.1. The van der Waals surface area contributed by atoms with Crippen molar-refractivity contribution in [3.05, 3.63) is 47.5 Å². The number of benzene rings is 2. The van der Waals surface area contributed by atoms with Gasteiger partial charge in [-0.3, -0.25) is 10.2 Å². The predicted molar refractivity (Wildman–Crippen MR) is 55.1 cm³/mol. The molecule has 0 amide bonds. The largest absolute Gasteiger partial charge is 0.296 e. The highest BCUT2D eigenvalue weighted by molar-refractivity contribution is 6.58. The Bertz CT molecular complexity index is 535. The van der Waals surface area contributed by atoms with Crippen molar-refractivity contribution in [3.8, 4) is 0 Å². The molecule has 0 bridgehead atoms. The van der Waals surface area contributed by atoms with Crippen molar-refractivity contribution >= 4 is 22.3 Å². The number of ketones is 1. The van der Waals surface area contributed by atoms with Crippen molar-refractivity contribution in [2.24, 2.45) is 0 Å². The first-order valence-corrected chi connectivity index (χ1v) is 4.44. The molecule has 1 aliphatic carbocycles. The second-order valence-corrected chi connectivity index (χ2v) is 3.41. The third-order valence-corrected chi connectivity index (χ3v) is 2.65. The van der Waals surface area contributed by atoms with Gasteiger partial charge < -0.3 is 0 Å². The number of nitrogens with one attached hydrogen (secondary N) is 1. The second kappa shape index (κ2) is 2.29. The van der Waals surface area contributed by atoms with Crippen LogP contribution in [0.3, 0.4) is 0 Å². The fourth-order valence-corrected chi connectivity index (χ4v) is 2.00. The molecule has 1 aliphatic rings. The van der Waals surface area contributed by atoms with Gasteiger partial charge in [-0.2, -0.15) is 0 Å². The van der Waals surface area contributed by atoms with Crippen LogP contribution in [0.5, 0.6) is 0 Å². The van der Waals surface area contributed by atoms with Crippen LogP contribution < -0.4 is 0 Å². The summed E-state index contributed by atoms with van der Waals surface area (Å²) in [4.78, 5) is 11.7. The summed E-state index contributed by atoms with van der Waals surface area (Å²) in [7, 11) is 0. The van der Waals surface area contributed by atoms with Crippen molar-refractivity contribution in [2.45, 2.75) is 0 Å². The number of carbonyl (C=O) groups excluding carboxylic acids is 1. The number of rotatable bonds is 0. The summed E-state index contributed by atoms with van der Waals surface area (Å²) in [5.41, 5.74) is 1.56. The number of hydrogen-bond donors (Lipinski definition) is 1. The Kier molecular flexibility index (Phi) is 1.22. The third kappa shape index (κ3) is 0.708. The van der Waals surface area contributed by atoms with Gasteiger partial charge in [0, 0.05) is 16.5 Å². The first kappa shape index (κ1) is 7.44. The molecule has 0 heterocycles. The lowest BCUT2D eigenvalue weighted by Crippen LogP contribution is -2.05. The van der Waals surface area contributed by atoms with Crippen LogP contribution in [0.4, 0.5) is 0 Å². The van der Waals surface area contributed by atoms with Crippen molar-refractivity contribution in [3.63, 3.8) is 0 Å². The molecule has 0 saturated heterocycles. The van der Waals surface area contributed by atoms with Crippen LogP contribution in [-0.2, 0) is 0 Å². The Labute approximate surface area is 80.7 Å². The van der Waals surface area contributed by atoms with E-state index in [9.17, 15) is 4.79 Å². The molecule has 3 rings (SSSR count). The van der Waals surface area contributed by atoms with Gasteiger partial charge in [-0.1, -0.05) is 36.4 Å². The SMILES string of the molecule is N=C1C(=O)c2cccc3cccc1c23. The smallest absolute Gasteiger partial charge is 0.211 e. The van der Waals surface area contributed by atoms with Gasteiger partial charge in [0.2, 0.25) is 5.78 Å². The molecule has 2 aromatic carbocycles. The molecular formula is C12H7NO. The Hall–Kier alpha value is -1.96. The van der Waals surface area contributed by atoms with E-state index in [4.69, 9.17) is 5.41 Å². The van der Waals surface area contributed by atoms with Crippen LogP contribution in [0.2, 0.25) is 0 Å². The summed E-state index contributed by atoms with van der Waals surface area (Å²) in [5, 5.41) is 9.65. The van der Waals surface area contributed by atoms with Gasteiger partial charge >= 0.3 is 0 Å². The fraction of sp³-hybridized carbons (Fsp3) is 0. The lowest BCUT2D eigenvalue weighted by Gasteiger charge is -1.97. The minimum atomic E-state index is -0.156. The van der Waals surface area contributed by atoms with E-state index in [0.717, 1.165) is 16.3 Å². The number of hydrogen-bond acceptors (Lipinski definition) is 2. The Morgan fingerprint density at radius 1 is 0.929 bits per heavy atom. The molecule has 2 aromatic rings. The van der Waals surface area contributed by atoms with E-state index in [-0.39, 0.29) is 11.5 Å². The molecule has 66 valence electrons. The number of carbonyl (C=O) groups is 1. The number of Topliss-reactive ketones (excluding diaryl/α,β-unsaturated/α-hetero) is 1. The van der Waals surface area contributed by atoms with Crippen molar-refractivity contribution in [1.82, 2.24) is 0 Å². The maximum atomic E-state index is 11.7. The molecule has 0 aromatic heterocycles. The monoisotopic (exact) mass is 181 g/mol. The summed E-state index contributed by atoms with van der Waals surface area (Å²) in [6, 6.07) is 11.3. The molecule has 0 atom stereocenters. The zero-order chi connectivity index (χ0) is 9.71. The minimum absolute atomic E-state index is 0.122. The van der Waals surface area contributed by atoms with Gasteiger partial charge in [0.25, 0.3) is 0 Å². The normalized spacial score (nSPS) is 14.0. The fourth-order valence-electron chi connectivity index (χ4n) is 2.00. The molecule has 2 heteroatoms. The van der Waals surface area contributed by atoms with Crippen LogP contribution in [-0.4, -0.2) is 11.5 Å². The molecule has 14 heavy (non-hydrogen) atoms. The van der Waals surface area contributed by atoms with E-state index >= 15 is 0 Å². The maximum Gasteiger partial charge on any atom is 0.211 e. The first-order valence-electron chi connectivity index (χ1n) is 4.44. The van der Waals surface area contributed by atoms with Crippen LogP contribution in [0.1, 0.15) is 15.9 Å². The maximum absolute atomic E-state index is 11.7. The van der Waals surface area contributed by atoms with E-state index in [1.54, 1.807) is 6.07 Å². The van der Waals surface area contributed by atoms with Gasteiger partial charge in [-0.05, 0) is 5.39 Å². The van der Waals surface area contributed by atoms with Gasteiger partial charge in [0.1, 0.15) is 5.71 Å². The van der Waals surface area contributed by atoms with E-state index < -0.39 is 0 Å². The van der Waals surface area contributed by atoms with E-state index in [0.29, 0.717) is 5.56 Å². The second-order valence-electron chi connectivity index (χ2n) is 3.41. The van der Waals surface area contributed by atoms with E-state index in [1.807, 2.05) is 30.3 Å². The Morgan fingerprint density at radius 3 is 2.29 bits per heavy atom. The summed E-state index contributed by atoms with van der Waals surface area (Å²) in [6.07, 6.45) is 0. The molecule has 0 aliphatic heterocycles. The summed E-state index contributed by atoms with van der Waals surface area (Å²) >= 11 is 0. The van der Waals surface area contributed by atoms with Gasteiger partial charge in [0.05, 0.1) is 0 Å². The molecule has 1 N–H and O–H groups in total. The lowest BCUT2D eigenvalue weighted by atomic mass is 10.1. The van der Waals surface area contributed by atoms with Gasteiger partial charge in [-0.25, -0.2) is 0 Å². The molecule has 0 fully saturated rings.